The standard InChI is InChI=1S/C7H16N4/c8-11-6-2-5-10-4-1-3-9-7(10)11/h7,9H,1-6,8H2. The van der Waals surface area contributed by atoms with Crippen molar-refractivity contribution >= 4 is 0 Å². The van der Waals surface area contributed by atoms with Crippen molar-refractivity contribution in [2.75, 3.05) is 26.2 Å². The van der Waals surface area contributed by atoms with Crippen molar-refractivity contribution in [2.45, 2.75) is 19.1 Å². The molecule has 2 fully saturated rings. The van der Waals surface area contributed by atoms with Gasteiger partial charge in [-0.3, -0.25) is 16.1 Å². The molecule has 0 aromatic rings. The van der Waals surface area contributed by atoms with Gasteiger partial charge in [-0.2, -0.15) is 0 Å². The lowest BCUT2D eigenvalue weighted by Crippen LogP contribution is -2.65. The summed E-state index contributed by atoms with van der Waals surface area (Å²) in [6.45, 7) is 4.53. The zero-order valence-electron chi connectivity index (χ0n) is 6.79. The second-order valence-electron chi connectivity index (χ2n) is 3.31. The number of nitrogens with two attached hydrogens (primary N) is 1. The van der Waals surface area contributed by atoms with Gasteiger partial charge >= 0.3 is 0 Å². The van der Waals surface area contributed by atoms with E-state index in [0.717, 1.165) is 13.1 Å². The predicted molar refractivity (Wildman–Crippen MR) is 43.5 cm³/mol. The maximum atomic E-state index is 5.82. The van der Waals surface area contributed by atoms with Gasteiger partial charge in [0.2, 0.25) is 0 Å². The first-order valence-electron chi connectivity index (χ1n) is 4.37. The highest BCUT2D eigenvalue weighted by molar-refractivity contribution is 4.77. The van der Waals surface area contributed by atoms with Gasteiger partial charge in [-0.15, -0.1) is 0 Å². The molecule has 2 aliphatic heterocycles. The Labute approximate surface area is 67.3 Å². The molecule has 64 valence electrons. The minimum Gasteiger partial charge on any atom is -0.288 e. The Morgan fingerprint density at radius 1 is 1.18 bits per heavy atom. The van der Waals surface area contributed by atoms with Gasteiger partial charge in [0.1, 0.15) is 6.29 Å². The van der Waals surface area contributed by atoms with E-state index in [0.29, 0.717) is 6.29 Å². The summed E-state index contributed by atoms with van der Waals surface area (Å²) in [6.07, 6.45) is 2.77. The largest absolute Gasteiger partial charge is 0.288 e. The predicted octanol–water partition coefficient (Wildman–Crippen LogP) is -0.855. The van der Waals surface area contributed by atoms with Crippen LogP contribution < -0.4 is 11.2 Å². The van der Waals surface area contributed by atoms with E-state index in [-0.39, 0.29) is 0 Å². The van der Waals surface area contributed by atoms with Gasteiger partial charge in [-0.1, -0.05) is 0 Å². The van der Waals surface area contributed by atoms with Crippen molar-refractivity contribution in [2.24, 2.45) is 5.84 Å². The van der Waals surface area contributed by atoms with E-state index in [1.54, 1.807) is 0 Å². The molecule has 0 spiro atoms. The highest BCUT2D eigenvalue weighted by Gasteiger charge is 2.28. The van der Waals surface area contributed by atoms with E-state index in [1.165, 1.54) is 25.9 Å². The minimum absolute atomic E-state index is 0.317. The number of rotatable bonds is 0. The van der Waals surface area contributed by atoms with E-state index in [1.807, 2.05) is 5.01 Å². The van der Waals surface area contributed by atoms with E-state index in [4.69, 9.17) is 5.84 Å². The zero-order chi connectivity index (χ0) is 7.68. The first-order chi connectivity index (χ1) is 5.38. The van der Waals surface area contributed by atoms with Gasteiger partial charge in [-0.25, -0.2) is 5.01 Å². The Morgan fingerprint density at radius 2 is 2.00 bits per heavy atom. The number of fused-ring (bicyclic) bond motifs is 1. The highest BCUT2D eigenvalue weighted by atomic mass is 15.6. The fourth-order valence-corrected chi connectivity index (χ4v) is 1.90. The smallest absolute Gasteiger partial charge is 0.129 e. The fraction of sp³-hybridized carbons (Fsp3) is 1.00. The quantitative estimate of drug-likeness (QED) is 0.448. The molecule has 2 aliphatic rings. The molecule has 0 bridgehead atoms. The third-order valence-corrected chi connectivity index (χ3v) is 2.47. The summed E-state index contributed by atoms with van der Waals surface area (Å²) in [4.78, 5) is 2.41. The molecule has 2 rings (SSSR count). The second-order valence-corrected chi connectivity index (χ2v) is 3.31. The van der Waals surface area contributed by atoms with Crippen LogP contribution in [0.2, 0.25) is 0 Å². The van der Waals surface area contributed by atoms with Gasteiger partial charge < -0.3 is 0 Å². The summed E-state index contributed by atoms with van der Waals surface area (Å²) in [5.74, 6) is 5.82. The van der Waals surface area contributed by atoms with E-state index >= 15 is 0 Å². The molecule has 11 heavy (non-hydrogen) atoms. The first kappa shape index (κ1) is 7.49. The van der Waals surface area contributed by atoms with Crippen LogP contribution in [0.1, 0.15) is 12.8 Å². The Morgan fingerprint density at radius 3 is 2.82 bits per heavy atom. The number of hydrogen-bond acceptors (Lipinski definition) is 4. The molecule has 1 unspecified atom stereocenters. The lowest BCUT2D eigenvalue weighted by molar-refractivity contribution is -0.0355. The zero-order valence-corrected chi connectivity index (χ0v) is 6.79. The maximum Gasteiger partial charge on any atom is 0.129 e. The molecule has 0 amide bonds. The van der Waals surface area contributed by atoms with E-state index in [2.05, 4.69) is 10.2 Å². The molecule has 4 heteroatoms. The molecule has 4 nitrogen and oxygen atoms in total. The Balaban J connectivity index is 1.99. The third kappa shape index (κ3) is 1.39. The number of hydrogen-bond donors (Lipinski definition) is 2. The average Bonchev–Trinajstić information content (AvgIpc) is 2.06. The van der Waals surface area contributed by atoms with Crippen molar-refractivity contribution in [1.82, 2.24) is 15.2 Å². The summed E-state index contributed by atoms with van der Waals surface area (Å²) < 4.78 is 0. The molecule has 2 heterocycles. The molecule has 2 saturated heterocycles. The molecular formula is C7H16N4. The summed E-state index contributed by atoms with van der Waals surface area (Å²) in [6, 6.07) is 0. The maximum absolute atomic E-state index is 5.82. The molecule has 0 radical (unpaired) electrons. The van der Waals surface area contributed by atoms with E-state index < -0.39 is 0 Å². The number of nitrogens with one attached hydrogen (secondary N) is 1. The molecule has 0 aromatic heterocycles. The van der Waals surface area contributed by atoms with Crippen LogP contribution in [0, 0.1) is 0 Å². The normalized spacial score (nSPS) is 35.2. The minimum atomic E-state index is 0.317. The lowest BCUT2D eigenvalue weighted by atomic mass is 10.2. The highest BCUT2D eigenvalue weighted by Crippen LogP contribution is 2.11. The van der Waals surface area contributed by atoms with Crippen LogP contribution in [-0.4, -0.2) is 42.4 Å². The topological polar surface area (TPSA) is 44.5 Å². The summed E-state index contributed by atoms with van der Waals surface area (Å²) in [5.41, 5.74) is 0. The Kier molecular flexibility index (Phi) is 2.09. The molecule has 0 aliphatic carbocycles. The van der Waals surface area contributed by atoms with Crippen LogP contribution in [0.4, 0.5) is 0 Å². The van der Waals surface area contributed by atoms with Gasteiger partial charge in [0.25, 0.3) is 0 Å². The van der Waals surface area contributed by atoms with Crippen LogP contribution in [0.5, 0.6) is 0 Å². The van der Waals surface area contributed by atoms with Crippen LogP contribution in [0.3, 0.4) is 0 Å². The summed E-state index contributed by atoms with van der Waals surface area (Å²) in [5, 5.41) is 5.30. The Hall–Kier alpha value is -0.160. The molecular weight excluding hydrogens is 140 g/mol. The van der Waals surface area contributed by atoms with Crippen LogP contribution >= 0.6 is 0 Å². The van der Waals surface area contributed by atoms with Crippen molar-refractivity contribution < 1.29 is 0 Å². The van der Waals surface area contributed by atoms with Gasteiger partial charge in [-0.05, 0) is 19.4 Å². The number of nitrogens with zero attached hydrogens (tertiary/aromatic N) is 2. The van der Waals surface area contributed by atoms with Gasteiger partial charge in [0.05, 0.1) is 0 Å². The third-order valence-electron chi connectivity index (χ3n) is 2.47. The molecule has 3 N–H and O–H groups in total. The number of hydrazine groups is 1. The van der Waals surface area contributed by atoms with Crippen molar-refractivity contribution in [3.8, 4) is 0 Å². The van der Waals surface area contributed by atoms with Crippen molar-refractivity contribution in [1.29, 1.82) is 0 Å². The second kappa shape index (κ2) is 3.06. The first-order valence-corrected chi connectivity index (χ1v) is 4.37. The van der Waals surface area contributed by atoms with Crippen LogP contribution in [-0.2, 0) is 0 Å². The molecule has 0 saturated carbocycles. The molecule has 1 atom stereocenters. The fourth-order valence-electron chi connectivity index (χ4n) is 1.90. The summed E-state index contributed by atoms with van der Waals surface area (Å²) in [7, 11) is 0. The van der Waals surface area contributed by atoms with Crippen molar-refractivity contribution in [3.63, 3.8) is 0 Å². The monoisotopic (exact) mass is 156 g/mol. The summed E-state index contributed by atoms with van der Waals surface area (Å²) >= 11 is 0. The van der Waals surface area contributed by atoms with Gasteiger partial charge in [0, 0.05) is 19.6 Å². The van der Waals surface area contributed by atoms with Crippen molar-refractivity contribution in [3.05, 3.63) is 0 Å². The SMILES string of the molecule is NN1CCCN2CCCNC12. The average molecular weight is 156 g/mol. The van der Waals surface area contributed by atoms with E-state index in [9.17, 15) is 0 Å². The lowest BCUT2D eigenvalue weighted by Gasteiger charge is -2.44. The van der Waals surface area contributed by atoms with Crippen LogP contribution in [0.15, 0.2) is 0 Å². The van der Waals surface area contributed by atoms with Crippen LogP contribution in [0.25, 0.3) is 0 Å². The van der Waals surface area contributed by atoms with Gasteiger partial charge in [0.15, 0.2) is 0 Å². The Bertz CT molecular complexity index is 136. The molecule has 0 aromatic carbocycles.